The van der Waals surface area contributed by atoms with Crippen LogP contribution in [-0.4, -0.2) is 43.4 Å². The van der Waals surface area contributed by atoms with Crippen LogP contribution in [0.15, 0.2) is 35.8 Å². The number of nitrogens with one attached hydrogen (secondary N) is 1. The molecule has 0 aliphatic carbocycles. The van der Waals surface area contributed by atoms with Crippen molar-refractivity contribution >= 4 is 22.2 Å². The van der Waals surface area contributed by atoms with E-state index in [9.17, 15) is 0 Å². The van der Waals surface area contributed by atoms with Crippen molar-refractivity contribution < 1.29 is 9.47 Å². The summed E-state index contributed by atoms with van der Waals surface area (Å²) in [5.41, 5.74) is 1.10. The van der Waals surface area contributed by atoms with E-state index in [0.29, 0.717) is 6.04 Å². The van der Waals surface area contributed by atoms with Crippen LogP contribution in [0.2, 0.25) is 0 Å². The lowest BCUT2D eigenvalue weighted by atomic mass is 9.97. The maximum atomic E-state index is 6.21. The molecule has 1 N–H and O–H groups in total. The van der Waals surface area contributed by atoms with Crippen molar-refractivity contribution in [3.8, 4) is 5.75 Å². The fraction of sp³-hybridized carbons (Fsp3) is 0.471. The lowest BCUT2D eigenvalue weighted by Crippen LogP contribution is -2.33. The molecule has 5 nitrogen and oxygen atoms in total. The summed E-state index contributed by atoms with van der Waals surface area (Å²) >= 11 is 1.70. The van der Waals surface area contributed by atoms with Gasteiger partial charge in [0.1, 0.15) is 5.75 Å². The molecule has 1 aromatic carbocycles. The molecule has 0 saturated carbocycles. The van der Waals surface area contributed by atoms with Gasteiger partial charge in [-0.2, -0.15) is 0 Å². The predicted molar refractivity (Wildman–Crippen MR) is 92.6 cm³/mol. The number of aromatic nitrogens is 1. The van der Waals surface area contributed by atoms with Crippen molar-refractivity contribution in [3.63, 3.8) is 0 Å². The molecule has 4 rings (SSSR count). The molecule has 2 saturated heterocycles. The van der Waals surface area contributed by atoms with Crippen LogP contribution in [0.5, 0.6) is 5.75 Å². The van der Waals surface area contributed by atoms with Gasteiger partial charge in [0, 0.05) is 36.8 Å². The smallest absolute Gasteiger partial charge is 0.185 e. The highest BCUT2D eigenvalue weighted by Gasteiger charge is 2.46. The van der Waals surface area contributed by atoms with Gasteiger partial charge in [0.25, 0.3) is 0 Å². The van der Waals surface area contributed by atoms with E-state index in [0.717, 1.165) is 49.1 Å². The molecule has 0 bridgehead atoms. The van der Waals surface area contributed by atoms with Gasteiger partial charge in [-0.1, -0.05) is 0 Å². The van der Waals surface area contributed by atoms with Crippen molar-refractivity contribution in [3.05, 3.63) is 35.8 Å². The van der Waals surface area contributed by atoms with Gasteiger partial charge < -0.3 is 19.7 Å². The summed E-state index contributed by atoms with van der Waals surface area (Å²) < 4.78 is 11.4. The number of thiazole rings is 1. The Balaban J connectivity index is 1.37. The number of nitrogens with zero attached hydrogens (tertiary/aromatic N) is 2. The highest BCUT2D eigenvalue weighted by Crippen LogP contribution is 2.38. The van der Waals surface area contributed by atoms with Crippen molar-refractivity contribution in [1.82, 2.24) is 4.98 Å². The van der Waals surface area contributed by atoms with Crippen molar-refractivity contribution in [2.45, 2.75) is 24.5 Å². The molecule has 6 heteroatoms. The minimum absolute atomic E-state index is 0.0180. The topological polar surface area (TPSA) is 46.6 Å². The van der Waals surface area contributed by atoms with E-state index >= 15 is 0 Å². The monoisotopic (exact) mass is 331 g/mol. The zero-order valence-electron chi connectivity index (χ0n) is 13.2. The molecule has 1 spiro atoms. The third-order valence-electron chi connectivity index (χ3n) is 4.68. The van der Waals surface area contributed by atoms with E-state index in [1.165, 1.54) is 0 Å². The first kappa shape index (κ1) is 14.8. The van der Waals surface area contributed by atoms with Gasteiger partial charge in [-0.25, -0.2) is 4.98 Å². The average molecular weight is 331 g/mol. The number of hydrogen-bond donors (Lipinski definition) is 1. The predicted octanol–water partition coefficient (Wildman–Crippen LogP) is 3.00. The normalized spacial score (nSPS) is 26.8. The molecule has 2 aliphatic heterocycles. The Morgan fingerprint density at radius 2 is 2.26 bits per heavy atom. The number of rotatable bonds is 4. The summed E-state index contributed by atoms with van der Waals surface area (Å²) in [5, 5.41) is 6.72. The van der Waals surface area contributed by atoms with Gasteiger partial charge >= 0.3 is 0 Å². The SMILES string of the molecule is COc1ccc(NC2COC3(CCN(c4nccs4)C3)C2)cc1. The zero-order valence-corrected chi connectivity index (χ0v) is 14.0. The number of hydrogen-bond acceptors (Lipinski definition) is 6. The second-order valence-electron chi connectivity index (χ2n) is 6.25. The minimum atomic E-state index is -0.0180. The Morgan fingerprint density at radius 3 is 3.00 bits per heavy atom. The maximum absolute atomic E-state index is 6.21. The Morgan fingerprint density at radius 1 is 1.39 bits per heavy atom. The summed E-state index contributed by atoms with van der Waals surface area (Å²) in [6.45, 7) is 2.74. The first-order chi connectivity index (χ1) is 11.3. The van der Waals surface area contributed by atoms with Crippen LogP contribution in [0.1, 0.15) is 12.8 Å². The second kappa shape index (κ2) is 6.02. The second-order valence-corrected chi connectivity index (χ2v) is 7.13. The van der Waals surface area contributed by atoms with Gasteiger partial charge in [-0.3, -0.25) is 0 Å². The van der Waals surface area contributed by atoms with Crippen molar-refractivity contribution in [2.24, 2.45) is 0 Å². The molecule has 2 atom stereocenters. The fourth-order valence-corrected chi connectivity index (χ4v) is 4.19. The van der Waals surface area contributed by atoms with Crippen LogP contribution in [0.3, 0.4) is 0 Å². The van der Waals surface area contributed by atoms with E-state index in [2.05, 4.69) is 27.3 Å². The van der Waals surface area contributed by atoms with E-state index < -0.39 is 0 Å². The number of anilines is 2. The Hall–Kier alpha value is -1.79. The lowest BCUT2D eigenvalue weighted by molar-refractivity contribution is 0.0229. The summed E-state index contributed by atoms with van der Waals surface area (Å²) in [6, 6.07) is 8.43. The van der Waals surface area contributed by atoms with Crippen LogP contribution in [0, 0.1) is 0 Å². The molecule has 2 fully saturated rings. The molecular weight excluding hydrogens is 310 g/mol. The van der Waals surface area contributed by atoms with Crippen molar-refractivity contribution in [1.29, 1.82) is 0 Å². The molecule has 2 unspecified atom stereocenters. The van der Waals surface area contributed by atoms with Crippen LogP contribution in [0.25, 0.3) is 0 Å². The molecular formula is C17H21N3O2S. The summed E-state index contributed by atoms with van der Waals surface area (Å²) in [6.07, 6.45) is 3.99. The fourth-order valence-electron chi connectivity index (χ4n) is 3.52. The van der Waals surface area contributed by atoms with Crippen LogP contribution in [0.4, 0.5) is 10.8 Å². The summed E-state index contributed by atoms with van der Waals surface area (Å²) in [7, 11) is 1.69. The highest BCUT2D eigenvalue weighted by atomic mass is 32.1. The van der Waals surface area contributed by atoms with Crippen LogP contribution in [-0.2, 0) is 4.74 Å². The molecule has 3 heterocycles. The third-order valence-corrected chi connectivity index (χ3v) is 5.51. The Labute approximate surface area is 140 Å². The van der Waals surface area contributed by atoms with E-state index in [4.69, 9.17) is 9.47 Å². The molecule has 1 aromatic heterocycles. The number of benzene rings is 1. The third kappa shape index (κ3) is 3.01. The molecule has 23 heavy (non-hydrogen) atoms. The van der Waals surface area contributed by atoms with E-state index in [-0.39, 0.29) is 5.60 Å². The Bertz CT molecular complexity index is 646. The molecule has 2 aromatic rings. The number of methoxy groups -OCH3 is 1. The van der Waals surface area contributed by atoms with Crippen molar-refractivity contribution in [2.75, 3.05) is 37.0 Å². The van der Waals surface area contributed by atoms with Gasteiger partial charge in [0.05, 0.1) is 25.4 Å². The lowest BCUT2D eigenvalue weighted by Gasteiger charge is -2.23. The quantitative estimate of drug-likeness (QED) is 0.933. The standard InChI is InChI=1S/C17H21N3O2S/c1-21-15-4-2-13(3-5-15)19-14-10-17(22-11-14)6-8-20(12-17)16-18-7-9-23-16/h2-5,7,9,14,19H,6,8,10-12H2,1H3. The molecule has 122 valence electrons. The largest absolute Gasteiger partial charge is 0.497 e. The van der Waals surface area contributed by atoms with E-state index in [1.54, 1.807) is 18.4 Å². The Kier molecular flexibility index (Phi) is 3.87. The summed E-state index contributed by atoms with van der Waals surface area (Å²) in [4.78, 5) is 6.76. The highest BCUT2D eigenvalue weighted by molar-refractivity contribution is 7.13. The number of ether oxygens (including phenoxy) is 2. The first-order valence-electron chi connectivity index (χ1n) is 7.95. The minimum Gasteiger partial charge on any atom is -0.497 e. The van der Waals surface area contributed by atoms with Gasteiger partial charge in [-0.05, 0) is 30.7 Å². The van der Waals surface area contributed by atoms with Gasteiger partial charge in [0.2, 0.25) is 0 Å². The zero-order chi connectivity index (χ0) is 15.7. The van der Waals surface area contributed by atoms with Crippen LogP contribution >= 0.6 is 11.3 Å². The van der Waals surface area contributed by atoms with Crippen LogP contribution < -0.4 is 15.0 Å². The summed E-state index contributed by atoms with van der Waals surface area (Å²) in [5.74, 6) is 0.879. The van der Waals surface area contributed by atoms with Gasteiger partial charge in [-0.15, -0.1) is 11.3 Å². The van der Waals surface area contributed by atoms with Gasteiger partial charge in [0.15, 0.2) is 5.13 Å². The average Bonchev–Trinajstić information content (AvgIpc) is 3.31. The first-order valence-corrected chi connectivity index (χ1v) is 8.83. The molecule has 0 radical (unpaired) electrons. The molecule has 0 amide bonds. The molecule has 2 aliphatic rings. The maximum Gasteiger partial charge on any atom is 0.185 e. The van der Waals surface area contributed by atoms with E-state index in [1.807, 2.05) is 23.7 Å².